The Bertz CT molecular complexity index is 1360. The molecule has 1 N–H and O–H groups in total. The molecule has 1 unspecified atom stereocenters. The van der Waals surface area contributed by atoms with E-state index >= 15 is 0 Å². The molecular formula is C23H22N4O3S. The third-order valence-corrected chi connectivity index (χ3v) is 6.53. The number of ether oxygens (including phenoxy) is 1. The van der Waals surface area contributed by atoms with Gasteiger partial charge < -0.3 is 14.6 Å². The molecule has 0 bridgehead atoms. The molecule has 0 saturated carbocycles. The number of hydrogen-bond donors (Lipinski definition) is 1. The zero-order chi connectivity index (χ0) is 21.5. The highest BCUT2D eigenvalue weighted by Gasteiger charge is 2.27. The average Bonchev–Trinajstić information content (AvgIpc) is 3.42. The van der Waals surface area contributed by atoms with E-state index in [2.05, 4.69) is 9.97 Å². The average molecular weight is 435 g/mol. The molecular weight excluding hydrogens is 412 g/mol. The van der Waals surface area contributed by atoms with Crippen LogP contribution >= 0.6 is 11.3 Å². The smallest absolute Gasteiger partial charge is 0.259 e. The lowest BCUT2D eigenvalue weighted by molar-refractivity contribution is -0.130. The van der Waals surface area contributed by atoms with Crippen LogP contribution in [0.1, 0.15) is 25.3 Å². The fourth-order valence-electron chi connectivity index (χ4n) is 4.04. The van der Waals surface area contributed by atoms with Crippen LogP contribution in [0.4, 0.5) is 0 Å². The van der Waals surface area contributed by atoms with E-state index in [1.807, 2.05) is 42.3 Å². The van der Waals surface area contributed by atoms with Gasteiger partial charge in [0.15, 0.2) is 5.82 Å². The van der Waals surface area contributed by atoms with E-state index < -0.39 is 0 Å². The van der Waals surface area contributed by atoms with Gasteiger partial charge in [-0.3, -0.25) is 14.6 Å². The van der Waals surface area contributed by atoms with Crippen molar-refractivity contribution in [2.45, 2.75) is 32.8 Å². The summed E-state index contributed by atoms with van der Waals surface area (Å²) in [5, 5.41) is 3.57. The number of H-pyrrole nitrogens is 1. The number of nitrogens with zero attached hydrogens (tertiary/aromatic N) is 3. The van der Waals surface area contributed by atoms with Gasteiger partial charge >= 0.3 is 0 Å². The summed E-state index contributed by atoms with van der Waals surface area (Å²) in [6, 6.07) is 7.60. The third-order valence-electron chi connectivity index (χ3n) is 5.66. The number of carbonyl (C=O) groups excluding carboxylic acids is 1. The van der Waals surface area contributed by atoms with Crippen LogP contribution in [0, 0.1) is 6.92 Å². The van der Waals surface area contributed by atoms with Crippen molar-refractivity contribution in [2.24, 2.45) is 0 Å². The van der Waals surface area contributed by atoms with Crippen molar-refractivity contribution in [1.82, 2.24) is 19.9 Å². The van der Waals surface area contributed by atoms with Gasteiger partial charge in [0, 0.05) is 25.6 Å². The number of pyridine rings is 1. The normalized spacial score (nSPS) is 16.3. The van der Waals surface area contributed by atoms with Gasteiger partial charge in [0.25, 0.3) is 5.56 Å². The van der Waals surface area contributed by atoms with Crippen molar-refractivity contribution in [3.05, 3.63) is 51.8 Å². The van der Waals surface area contributed by atoms with Crippen LogP contribution in [-0.4, -0.2) is 45.0 Å². The molecule has 1 aliphatic rings. The molecule has 31 heavy (non-hydrogen) atoms. The maximum absolute atomic E-state index is 12.9. The van der Waals surface area contributed by atoms with Crippen molar-refractivity contribution in [1.29, 1.82) is 0 Å². The number of amides is 1. The lowest BCUT2D eigenvalue weighted by Crippen LogP contribution is -2.30. The minimum absolute atomic E-state index is 0.0693. The topological polar surface area (TPSA) is 88.2 Å². The van der Waals surface area contributed by atoms with Gasteiger partial charge in [0.05, 0.1) is 22.1 Å². The van der Waals surface area contributed by atoms with E-state index in [9.17, 15) is 9.59 Å². The Kier molecular flexibility index (Phi) is 4.94. The minimum atomic E-state index is -0.227. The molecule has 1 saturated heterocycles. The number of aromatic nitrogens is 3. The van der Waals surface area contributed by atoms with Gasteiger partial charge in [-0.2, -0.15) is 0 Å². The molecule has 1 amide bonds. The summed E-state index contributed by atoms with van der Waals surface area (Å²) in [6.45, 7) is 5.07. The standard InChI is InChI=1S/C23H22N4O3S/c1-3-20(28)27-6-4-15(12-27)30-16-8-13(2)21-17(10-16)23(29)26-22(25-21)18-9-14-5-7-31-19(14)11-24-18/h5,7-11,15H,3-4,6,12H2,1-2H3,(H,25,26,29). The first-order valence-electron chi connectivity index (χ1n) is 10.3. The summed E-state index contributed by atoms with van der Waals surface area (Å²) < 4.78 is 7.21. The summed E-state index contributed by atoms with van der Waals surface area (Å²) in [5.74, 6) is 1.22. The Morgan fingerprint density at radius 3 is 3.06 bits per heavy atom. The predicted molar refractivity (Wildman–Crippen MR) is 122 cm³/mol. The number of nitrogens with one attached hydrogen (secondary N) is 1. The Hall–Kier alpha value is -3.26. The number of carbonyl (C=O) groups is 1. The lowest BCUT2D eigenvalue weighted by atomic mass is 10.1. The van der Waals surface area contributed by atoms with E-state index in [1.54, 1.807) is 23.6 Å². The predicted octanol–water partition coefficient (Wildman–Crippen LogP) is 3.90. The molecule has 5 rings (SSSR count). The Morgan fingerprint density at radius 2 is 2.23 bits per heavy atom. The lowest BCUT2D eigenvalue weighted by Gasteiger charge is -2.17. The molecule has 8 heteroatoms. The molecule has 4 aromatic rings. The fourth-order valence-corrected chi connectivity index (χ4v) is 4.77. The van der Waals surface area contributed by atoms with Crippen LogP contribution < -0.4 is 10.3 Å². The van der Waals surface area contributed by atoms with Crippen molar-refractivity contribution in [3.63, 3.8) is 0 Å². The third kappa shape index (κ3) is 3.67. The Morgan fingerprint density at radius 1 is 1.35 bits per heavy atom. The van der Waals surface area contributed by atoms with E-state index in [0.717, 1.165) is 22.1 Å². The maximum Gasteiger partial charge on any atom is 0.259 e. The first-order valence-corrected chi connectivity index (χ1v) is 11.2. The van der Waals surface area contributed by atoms with Gasteiger partial charge in [0.2, 0.25) is 5.91 Å². The summed E-state index contributed by atoms with van der Waals surface area (Å²) >= 11 is 1.63. The number of aryl methyl sites for hydroxylation is 1. The molecule has 0 radical (unpaired) electrons. The van der Waals surface area contributed by atoms with E-state index in [4.69, 9.17) is 9.72 Å². The van der Waals surface area contributed by atoms with Gasteiger partial charge in [0.1, 0.15) is 17.5 Å². The minimum Gasteiger partial charge on any atom is -0.488 e. The van der Waals surface area contributed by atoms with Gasteiger partial charge in [-0.25, -0.2) is 4.98 Å². The highest BCUT2D eigenvalue weighted by Crippen LogP contribution is 2.27. The Labute approximate surface area is 182 Å². The van der Waals surface area contributed by atoms with Gasteiger partial charge in [-0.15, -0.1) is 11.3 Å². The molecule has 1 atom stereocenters. The number of thiophene rings is 1. The maximum atomic E-state index is 12.9. The van der Waals surface area contributed by atoms with Crippen LogP contribution in [-0.2, 0) is 4.79 Å². The zero-order valence-electron chi connectivity index (χ0n) is 17.3. The van der Waals surface area contributed by atoms with Crippen LogP contribution in [0.3, 0.4) is 0 Å². The van der Waals surface area contributed by atoms with Crippen LogP contribution in [0.2, 0.25) is 0 Å². The quantitative estimate of drug-likeness (QED) is 0.526. The number of rotatable bonds is 4. The number of benzene rings is 1. The second kappa shape index (κ2) is 7.77. The van der Waals surface area contributed by atoms with Crippen LogP contribution in [0.5, 0.6) is 5.75 Å². The molecule has 1 aromatic carbocycles. The molecule has 1 fully saturated rings. The van der Waals surface area contributed by atoms with Crippen molar-refractivity contribution < 1.29 is 9.53 Å². The van der Waals surface area contributed by atoms with Crippen LogP contribution in [0.15, 0.2) is 40.6 Å². The summed E-state index contributed by atoms with van der Waals surface area (Å²) in [7, 11) is 0. The molecule has 0 spiro atoms. The van der Waals surface area contributed by atoms with Crippen molar-refractivity contribution in [3.8, 4) is 17.3 Å². The first-order chi connectivity index (χ1) is 15.0. The number of fused-ring (bicyclic) bond motifs is 2. The largest absolute Gasteiger partial charge is 0.488 e. The van der Waals surface area contributed by atoms with Gasteiger partial charge in [-0.05, 0) is 47.5 Å². The molecule has 3 aromatic heterocycles. The fraction of sp³-hybridized carbons (Fsp3) is 0.304. The molecule has 1 aliphatic heterocycles. The number of likely N-dealkylation sites (tertiary alicyclic amines) is 1. The molecule has 158 valence electrons. The first kappa shape index (κ1) is 19.7. The molecule has 0 aliphatic carbocycles. The molecule has 4 heterocycles. The summed E-state index contributed by atoms with van der Waals surface area (Å²) in [4.78, 5) is 38.6. The van der Waals surface area contributed by atoms with Crippen LogP contribution in [0.25, 0.3) is 32.5 Å². The number of hydrogen-bond acceptors (Lipinski definition) is 6. The highest BCUT2D eigenvalue weighted by molar-refractivity contribution is 7.17. The van der Waals surface area contributed by atoms with E-state index in [0.29, 0.717) is 47.7 Å². The number of aromatic amines is 1. The van der Waals surface area contributed by atoms with E-state index in [1.165, 1.54) is 0 Å². The SMILES string of the molecule is CCC(=O)N1CCC(Oc2cc(C)c3nc(-c4cc5ccsc5cn4)[nH]c(=O)c3c2)C1. The van der Waals surface area contributed by atoms with Crippen molar-refractivity contribution >= 4 is 38.2 Å². The van der Waals surface area contributed by atoms with Crippen molar-refractivity contribution in [2.75, 3.05) is 13.1 Å². The van der Waals surface area contributed by atoms with E-state index in [-0.39, 0.29) is 17.6 Å². The van der Waals surface area contributed by atoms with Gasteiger partial charge in [-0.1, -0.05) is 6.92 Å². The monoisotopic (exact) mass is 434 g/mol. The highest BCUT2D eigenvalue weighted by atomic mass is 32.1. The second-order valence-electron chi connectivity index (χ2n) is 7.80. The Balaban J connectivity index is 1.46. The summed E-state index contributed by atoms with van der Waals surface area (Å²) in [5.41, 5.74) is 1.90. The zero-order valence-corrected chi connectivity index (χ0v) is 18.2. The summed E-state index contributed by atoms with van der Waals surface area (Å²) in [6.07, 6.45) is 3.02. The molecule has 7 nitrogen and oxygen atoms in total. The second-order valence-corrected chi connectivity index (χ2v) is 8.75.